The van der Waals surface area contributed by atoms with Crippen LogP contribution in [0.4, 0.5) is 11.7 Å². The number of nitro groups is 1. The molecule has 0 radical (unpaired) electrons. The molecule has 21 heavy (non-hydrogen) atoms. The summed E-state index contributed by atoms with van der Waals surface area (Å²) < 4.78 is 6.60. The van der Waals surface area contributed by atoms with E-state index in [2.05, 4.69) is 32.3 Å². The number of thiophene rings is 1. The molecule has 3 aromatic rings. The van der Waals surface area contributed by atoms with Gasteiger partial charge in [-0.1, -0.05) is 0 Å². The first-order valence-electron chi connectivity index (χ1n) is 6.15. The lowest BCUT2D eigenvalue weighted by atomic mass is 10.3. The van der Waals surface area contributed by atoms with Crippen LogP contribution in [0, 0.1) is 10.1 Å². The van der Waals surface area contributed by atoms with E-state index >= 15 is 0 Å². The predicted molar refractivity (Wildman–Crippen MR) is 84.9 cm³/mol. The van der Waals surface area contributed by atoms with Crippen LogP contribution in [0.3, 0.4) is 0 Å². The standard InChI is InChI=1S/C13H10BrN3O3S/c14-12-4-2-9(21-12)5-6-15-13-16-10-7-8(17(18)19)1-3-11(10)20-13/h1-4,7H,5-6H2,(H,15,16). The largest absolute Gasteiger partial charge is 0.424 e. The Bertz CT molecular complexity index is 799. The molecule has 108 valence electrons. The summed E-state index contributed by atoms with van der Waals surface area (Å²) in [5, 5.41) is 13.8. The molecule has 0 aliphatic heterocycles. The summed E-state index contributed by atoms with van der Waals surface area (Å²) in [5.41, 5.74) is 1.01. The lowest BCUT2D eigenvalue weighted by Crippen LogP contribution is -2.03. The highest BCUT2D eigenvalue weighted by molar-refractivity contribution is 9.11. The van der Waals surface area contributed by atoms with Gasteiger partial charge in [0.2, 0.25) is 0 Å². The van der Waals surface area contributed by atoms with Gasteiger partial charge in [-0.15, -0.1) is 11.3 Å². The van der Waals surface area contributed by atoms with E-state index in [1.54, 1.807) is 17.4 Å². The first-order chi connectivity index (χ1) is 10.1. The van der Waals surface area contributed by atoms with Crippen molar-refractivity contribution in [3.63, 3.8) is 0 Å². The lowest BCUT2D eigenvalue weighted by molar-refractivity contribution is -0.384. The van der Waals surface area contributed by atoms with Crippen molar-refractivity contribution in [1.82, 2.24) is 4.98 Å². The summed E-state index contributed by atoms with van der Waals surface area (Å²) in [6.45, 7) is 0.682. The van der Waals surface area contributed by atoms with Crippen LogP contribution in [-0.4, -0.2) is 16.5 Å². The van der Waals surface area contributed by atoms with Gasteiger partial charge in [0, 0.05) is 23.6 Å². The molecule has 0 saturated heterocycles. The highest BCUT2D eigenvalue weighted by Gasteiger charge is 2.11. The number of benzene rings is 1. The van der Waals surface area contributed by atoms with Crippen molar-refractivity contribution < 1.29 is 9.34 Å². The fourth-order valence-corrected chi connectivity index (χ4v) is 3.37. The van der Waals surface area contributed by atoms with Gasteiger partial charge in [0.05, 0.1) is 8.71 Å². The Morgan fingerprint density at radius 1 is 1.38 bits per heavy atom. The number of nitrogens with one attached hydrogen (secondary N) is 1. The number of nitro benzene ring substituents is 1. The summed E-state index contributed by atoms with van der Waals surface area (Å²) in [6.07, 6.45) is 0.856. The molecule has 1 N–H and O–H groups in total. The van der Waals surface area contributed by atoms with Crippen molar-refractivity contribution >= 4 is 50.1 Å². The number of halogens is 1. The second-order valence-corrected chi connectivity index (χ2v) is 6.86. The zero-order chi connectivity index (χ0) is 14.8. The zero-order valence-electron chi connectivity index (χ0n) is 10.7. The minimum absolute atomic E-state index is 0.00536. The van der Waals surface area contributed by atoms with E-state index in [4.69, 9.17) is 4.42 Å². The maximum Gasteiger partial charge on any atom is 0.295 e. The number of non-ortho nitro benzene ring substituents is 1. The quantitative estimate of drug-likeness (QED) is 0.539. The number of nitrogens with zero attached hydrogens (tertiary/aromatic N) is 2. The molecule has 0 aliphatic rings. The van der Waals surface area contributed by atoms with Gasteiger partial charge in [0.25, 0.3) is 11.7 Å². The SMILES string of the molecule is O=[N+]([O-])c1ccc2oc(NCCc3ccc(Br)s3)nc2c1. The second kappa shape index (κ2) is 5.82. The predicted octanol–water partition coefficient (Wildman–Crippen LogP) is 4.21. The third-order valence-electron chi connectivity index (χ3n) is 2.86. The maximum absolute atomic E-state index is 10.7. The average Bonchev–Trinajstić information content (AvgIpc) is 3.03. The fraction of sp³-hybridized carbons (Fsp3) is 0.154. The second-order valence-electron chi connectivity index (χ2n) is 4.31. The van der Waals surface area contributed by atoms with Crippen molar-refractivity contribution in [1.29, 1.82) is 0 Å². The molecule has 0 spiro atoms. The molecule has 2 heterocycles. The minimum atomic E-state index is -0.449. The molecule has 1 aromatic carbocycles. The van der Waals surface area contributed by atoms with Gasteiger partial charge in [-0.05, 0) is 40.5 Å². The van der Waals surface area contributed by atoms with E-state index in [0.29, 0.717) is 23.7 Å². The van der Waals surface area contributed by atoms with Gasteiger partial charge in [-0.3, -0.25) is 10.1 Å². The van der Waals surface area contributed by atoms with E-state index in [9.17, 15) is 10.1 Å². The Balaban J connectivity index is 1.68. The van der Waals surface area contributed by atoms with E-state index in [-0.39, 0.29) is 5.69 Å². The van der Waals surface area contributed by atoms with Gasteiger partial charge in [0.15, 0.2) is 5.58 Å². The number of hydrogen-bond donors (Lipinski definition) is 1. The Morgan fingerprint density at radius 2 is 2.24 bits per heavy atom. The minimum Gasteiger partial charge on any atom is -0.424 e. The highest BCUT2D eigenvalue weighted by Crippen LogP contribution is 2.24. The summed E-state index contributed by atoms with van der Waals surface area (Å²) in [7, 11) is 0. The van der Waals surface area contributed by atoms with E-state index in [1.807, 2.05) is 6.07 Å². The van der Waals surface area contributed by atoms with Crippen LogP contribution in [0.15, 0.2) is 38.5 Å². The summed E-state index contributed by atoms with van der Waals surface area (Å²) in [4.78, 5) is 15.7. The third kappa shape index (κ3) is 3.22. The monoisotopic (exact) mass is 367 g/mol. The van der Waals surface area contributed by atoms with E-state index < -0.39 is 4.92 Å². The van der Waals surface area contributed by atoms with Crippen LogP contribution in [0.25, 0.3) is 11.1 Å². The highest BCUT2D eigenvalue weighted by atomic mass is 79.9. The first-order valence-corrected chi connectivity index (χ1v) is 7.76. The van der Waals surface area contributed by atoms with Crippen LogP contribution in [0.5, 0.6) is 0 Å². The van der Waals surface area contributed by atoms with Gasteiger partial charge in [0.1, 0.15) is 5.52 Å². The molecule has 0 amide bonds. The number of fused-ring (bicyclic) bond motifs is 1. The summed E-state index contributed by atoms with van der Waals surface area (Å²) in [5.74, 6) is 0. The molecule has 6 nitrogen and oxygen atoms in total. The topological polar surface area (TPSA) is 81.2 Å². The molecule has 3 rings (SSSR count). The van der Waals surface area contributed by atoms with Crippen LogP contribution in [0.1, 0.15) is 4.88 Å². The van der Waals surface area contributed by atoms with Gasteiger partial charge >= 0.3 is 0 Å². The number of oxazole rings is 1. The fourth-order valence-electron chi connectivity index (χ4n) is 1.88. The van der Waals surface area contributed by atoms with Crippen molar-refractivity contribution in [3.8, 4) is 0 Å². The van der Waals surface area contributed by atoms with Gasteiger partial charge in [-0.25, -0.2) is 0 Å². The molecule has 0 unspecified atom stereocenters. The molecule has 8 heteroatoms. The zero-order valence-corrected chi connectivity index (χ0v) is 13.1. The Kier molecular flexibility index (Phi) is 3.89. The van der Waals surface area contributed by atoms with Crippen LogP contribution in [-0.2, 0) is 6.42 Å². The average molecular weight is 368 g/mol. The van der Waals surface area contributed by atoms with Crippen molar-refractivity contribution in [2.45, 2.75) is 6.42 Å². The third-order valence-corrected chi connectivity index (χ3v) is 4.54. The number of rotatable bonds is 5. The Hall–Kier alpha value is -1.93. The van der Waals surface area contributed by atoms with Gasteiger partial charge < -0.3 is 9.73 Å². The molecule has 0 fully saturated rings. The van der Waals surface area contributed by atoms with E-state index in [0.717, 1.165) is 10.2 Å². The van der Waals surface area contributed by atoms with Crippen LogP contribution in [0.2, 0.25) is 0 Å². The molecule has 0 bridgehead atoms. The summed E-state index contributed by atoms with van der Waals surface area (Å²) >= 11 is 5.11. The van der Waals surface area contributed by atoms with Gasteiger partial charge in [-0.2, -0.15) is 4.98 Å². The Labute approximate surface area is 132 Å². The normalized spacial score (nSPS) is 10.9. The Morgan fingerprint density at radius 3 is 2.95 bits per heavy atom. The molecule has 0 saturated carbocycles. The molecule has 0 aliphatic carbocycles. The number of anilines is 1. The van der Waals surface area contributed by atoms with Crippen LogP contribution >= 0.6 is 27.3 Å². The van der Waals surface area contributed by atoms with Crippen molar-refractivity contribution in [3.05, 3.63) is 49.1 Å². The summed E-state index contributed by atoms with van der Waals surface area (Å²) in [6, 6.07) is 8.81. The smallest absolute Gasteiger partial charge is 0.295 e. The first kappa shape index (κ1) is 14.0. The molecule has 0 atom stereocenters. The van der Waals surface area contributed by atoms with Crippen molar-refractivity contribution in [2.75, 3.05) is 11.9 Å². The van der Waals surface area contributed by atoms with Crippen LogP contribution < -0.4 is 5.32 Å². The number of aromatic nitrogens is 1. The molecular weight excluding hydrogens is 358 g/mol. The number of hydrogen-bond acceptors (Lipinski definition) is 6. The van der Waals surface area contributed by atoms with Crippen molar-refractivity contribution in [2.24, 2.45) is 0 Å². The van der Waals surface area contributed by atoms with E-state index in [1.165, 1.54) is 17.0 Å². The maximum atomic E-state index is 10.7. The lowest BCUT2D eigenvalue weighted by Gasteiger charge is -1.98. The molecular formula is C13H10BrN3O3S. The molecule has 2 aromatic heterocycles.